The van der Waals surface area contributed by atoms with Gasteiger partial charge in [-0.2, -0.15) is 0 Å². The molecule has 0 amide bonds. The average Bonchev–Trinajstić information content (AvgIpc) is 2.70. The lowest BCUT2D eigenvalue weighted by molar-refractivity contribution is -0.118. The summed E-state index contributed by atoms with van der Waals surface area (Å²) in [7, 11) is 0. The largest absolute Gasteiger partial charge is 0.357 e. The summed E-state index contributed by atoms with van der Waals surface area (Å²) in [5.41, 5.74) is 3.64. The van der Waals surface area contributed by atoms with Gasteiger partial charge in [0, 0.05) is 28.9 Å². The zero-order chi connectivity index (χ0) is 17.6. The molecule has 0 saturated carbocycles. The molecule has 1 aromatic heterocycles. The monoisotopic (exact) mass is 353 g/mol. The van der Waals surface area contributed by atoms with Crippen LogP contribution >= 0.6 is 11.6 Å². The normalized spacial score (nSPS) is 21.6. The first kappa shape index (κ1) is 16.2. The number of aromatic nitrogens is 1. The Balaban J connectivity index is 1.88. The molecule has 0 saturated heterocycles. The molecular weight excluding hydrogens is 334 g/mol. The van der Waals surface area contributed by atoms with Crippen molar-refractivity contribution in [3.8, 4) is 0 Å². The van der Waals surface area contributed by atoms with Crippen LogP contribution < -0.4 is 10.6 Å². The van der Waals surface area contributed by atoms with E-state index in [1.807, 2.05) is 36.4 Å². The molecule has 4 nitrogen and oxygen atoms in total. The average molecular weight is 354 g/mol. The van der Waals surface area contributed by atoms with Crippen LogP contribution in [0.25, 0.3) is 0 Å². The van der Waals surface area contributed by atoms with Gasteiger partial charge in [0.05, 0.1) is 11.7 Å². The standard InChI is InChI=1S/C20H20ClN3O/c1-20(2)10-15-17(16(25)11-20)18(12-5-7-13(21)8-6-12)24-19-14(23-15)4-3-9-22-19/h3-9,18,23H,10-11H2,1-2H3,(H,22,24). The van der Waals surface area contributed by atoms with Crippen molar-refractivity contribution in [2.45, 2.75) is 32.7 Å². The Morgan fingerprint density at radius 1 is 1.16 bits per heavy atom. The minimum Gasteiger partial charge on any atom is -0.357 e. The maximum atomic E-state index is 13.0. The highest BCUT2D eigenvalue weighted by Crippen LogP contribution is 2.44. The van der Waals surface area contributed by atoms with Crippen molar-refractivity contribution in [2.24, 2.45) is 5.41 Å². The fraction of sp³-hybridized carbons (Fsp3) is 0.300. The maximum absolute atomic E-state index is 13.0. The number of pyridine rings is 1. The van der Waals surface area contributed by atoms with Crippen molar-refractivity contribution in [3.63, 3.8) is 0 Å². The van der Waals surface area contributed by atoms with Crippen molar-refractivity contribution in [3.05, 3.63) is 64.5 Å². The SMILES string of the molecule is CC1(C)CC(=O)C2=C(C1)Nc1cccnc1NC2c1ccc(Cl)cc1. The molecule has 2 heterocycles. The molecule has 2 aliphatic rings. The quantitative estimate of drug-likeness (QED) is 0.761. The molecule has 1 unspecified atom stereocenters. The van der Waals surface area contributed by atoms with Crippen LogP contribution in [0.4, 0.5) is 11.5 Å². The molecule has 128 valence electrons. The van der Waals surface area contributed by atoms with Crippen LogP contribution in [0.3, 0.4) is 0 Å². The second kappa shape index (κ2) is 5.88. The molecular formula is C20H20ClN3O. The molecule has 5 heteroatoms. The van der Waals surface area contributed by atoms with Gasteiger partial charge in [-0.25, -0.2) is 4.98 Å². The molecule has 0 bridgehead atoms. The first-order valence-electron chi connectivity index (χ1n) is 8.43. The minimum absolute atomic E-state index is 0.0554. The number of fused-ring (bicyclic) bond motifs is 1. The van der Waals surface area contributed by atoms with Crippen molar-refractivity contribution >= 4 is 28.9 Å². The smallest absolute Gasteiger partial charge is 0.163 e. The summed E-state index contributed by atoms with van der Waals surface area (Å²) in [4.78, 5) is 17.5. The fourth-order valence-corrected chi connectivity index (χ4v) is 3.81. The number of nitrogens with one attached hydrogen (secondary N) is 2. The highest BCUT2D eigenvalue weighted by Gasteiger charge is 2.38. The van der Waals surface area contributed by atoms with E-state index >= 15 is 0 Å². The number of hydrogen-bond donors (Lipinski definition) is 2. The van der Waals surface area contributed by atoms with E-state index in [4.69, 9.17) is 11.6 Å². The Morgan fingerprint density at radius 2 is 1.92 bits per heavy atom. The van der Waals surface area contributed by atoms with Gasteiger partial charge < -0.3 is 10.6 Å². The number of ketones is 1. The Hall–Kier alpha value is -2.33. The second-order valence-corrected chi connectivity index (χ2v) is 7.92. The number of rotatable bonds is 1. The number of nitrogens with zero attached hydrogens (tertiary/aromatic N) is 1. The molecule has 1 aliphatic carbocycles. The molecule has 25 heavy (non-hydrogen) atoms. The highest BCUT2D eigenvalue weighted by atomic mass is 35.5. The number of carbonyl (C=O) groups is 1. The summed E-state index contributed by atoms with van der Waals surface area (Å²) in [6.07, 6.45) is 3.12. The third-order valence-corrected chi connectivity index (χ3v) is 5.04. The number of benzene rings is 1. The van der Waals surface area contributed by atoms with Crippen molar-refractivity contribution in [2.75, 3.05) is 10.6 Å². The molecule has 1 atom stereocenters. The molecule has 4 rings (SSSR count). The van der Waals surface area contributed by atoms with Crippen molar-refractivity contribution in [1.29, 1.82) is 0 Å². The van der Waals surface area contributed by atoms with E-state index < -0.39 is 0 Å². The summed E-state index contributed by atoms with van der Waals surface area (Å²) in [6, 6.07) is 11.3. The van der Waals surface area contributed by atoms with Crippen LogP contribution in [0, 0.1) is 5.41 Å². The highest BCUT2D eigenvalue weighted by molar-refractivity contribution is 6.30. The lowest BCUT2D eigenvalue weighted by atomic mass is 9.73. The van der Waals surface area contributed by atoms with Crippen LogP contribution in [0.5, 0.6) is 0 Å². The molecule has 1 aliphatic heterocycles. The molecule has 0 fully saturated rings. The van der Waals surface area contributed by atoms with E-state index in [9.17, 15) is 4.79 Å². The molecule has 2 aromatic rings. The van der Waals surface area contributed by atoms with E-state index in [2.05, 4.69) is 29.5 Å². The molecule has 0 spiro atoms. The van der Waals surface area contributed by atoms with Crippen LogP contribution in [0.15, 0.2) is 53.9 Å². The van der Waals surface area contributed by atoms with Crippen LogP contribution in [0.1, 0.15) is 38.3 Å². The van der Waals surface area contributed by atoms with Crippen LogP contribution in [-0.2, 0) is 4.79 Å². The number of allylic oxidation sites excluding steroid dienone is 1. The van der Waals surface area contributed by atoms with Crippen molar-refractivity contribution in [1.82, 2.24) is 4.98 Å². The van der Waals surface area contributed by atoms with Gasteiger partial charge in [0.15, 0.2) is 5.78 Å². The Kier molecular flexibility index (Phi) is 3.80. The van der Waals surface area contributed by atoms with Gasteiger partial charge in [0.1, 0.15) is 5.82 Å². The van der Waals surface area contributed by atoms with Crippen molar-refractivity contribution < 1.29 is 4.79 Å². The summed E-state index contributed by atoms with van der Waals surface area (Å²) in [5, 5.41) is 7.60. The maximum Gasteiger partial charge on any atom is 0.163 e. The number of Topliss-reactive ketones (excluding diaryl/α,β-unsaturated/α-hetero) is 1. The van der Waals surface area contributed by atoms with Gasteiger partial charge in [-0.15, -0.1) is 0 Å². The van der Waals surface area contributed by atoms with E-state index in [0.717, 1.165) is 34.8 Å². The lowest BCUT2D eigenvalue weighted by Gasteiger charge is -2.34. The van der Waals surface area contributed by atoms with Gasteiger partial charge in [0.25, 0.3) is 0 Å². The molecule has 1 aromatic carbocycles. The summed E-state index contributed by atoms with van der Waals surface area (Å²) < 4.78 is 0. The number of carbonyl (C=O) groups excluding carboxylic acids is 1. The fourth-order valence-electron chi connectivity index (χ4n) is 3.68. The second-order valence-electron chi connectivity index (χ2n) is 7.49. The lowest BCUT2D eigenvalue weighted by Crippen LogP contribution is -2.31. The zero-order valence-electron chi connectivity index (χ0n) is 14.3. The van der Waals surface area contributed by atoms with Crippen LogP contribution in [-0.4, -0.2) is 10.8 Å². The summed E-state index contributed by atoms with van der Waals surface area (Å²) >= 11 is 6.04. The Bertz CT molecular complexity index is 871. The minimum atomic E-state index is -0.237. The van der Waals surface area contributed by atoms with Gasteiger partial charge in [0.2, 0.25) is 0 Å². The first-order chi connectivity index (χ1) is 11.9. The zero-order valence-corrected chi connectivity index (χ0v) is 15.0. The number of anilines is 2. The Morgan fingerprint density at radius 3 is 2.68 bits per heavy atom. The van der Waals surface area contributed by atoms with Gasteiger partial charge in [-0.05, 0) is 41.7 Å². The van der Waals surface area contributed by atoms with E-state index in [-0.39, 0.29) is 17.2 Å². The predicted octanol–water partition coefficient (Wildman–Crippen LogP) is 4.96. The third-order valence-electron chi connectivity index (χ3n) is 4.79. The van der Waals surface area contributed by atoms with Gasteiger partial charge >= 0.3 is 0 Å². The molecule has 0 radical (unpaired) electrons. The van der Waals surface area contributed by atoms with Gasteiger partial charge in [-0.3, -0.25) is 4.79 Å². The first-order valence-corrected chi connectivity index (χ1v) is 8.81. The Labute approximate surface area is 152 Å². The summed E-state index contributed by atoms with van der Waals surface area (Å²) in [5.74, 6) is 0.932. The van der Waals surface area contributed by atoms with Crippen LogP contribution in [0.2, 0.25) is 5.02 Å². The van der Waals surface area contributed by atoms with E-state index in [1.165, 1.54) is 0 Å². The number of halogens is 1. The topological polar surface area (TPSA) is 54.0 Å². The summed E-state index contributed by atoms with van der Waals surface area (Å²) in [6.45, 7) is 4.27. The number of hydrogen-bond acceptors (Lipinski definition) is 4. The van der Waals surface area contributed by atoms with E-state index in [1.54, 1.807) is 6.20 Å². The molecule has 2 N–H and O–H groups in total. The third kappa shape index (κ3) is 3.02. The predicted molar refractivity (Wildman–Crippen MR) is 101 cm³/mol. The van der Waals surface area contributed by atoms with Gasteiger partial charge in [-0.1, -0.05) is 37.6 Å². The van der Waals surface area contributed by atoms with E-state index in [0.29, 0.717) is 11.4 Å².